The summed E-state index contributed by atoms with van der Waals surface area (Å²) in [5.41, 5.74) is 0. The van der Waals surface area contributed by atoms with Crippen LogP contribution in [0.3, 0.4) is 0 Å². The number of carboxylic acid groups (broad SMARTS) is 1. The summed E-state index contributed by atoms with van der Waals surface area (Å²) < 4.78 is 0. The minimum atomic E-state index is -1.19. The summed E-state index contributed by atoms with van der Waals surface area (Å²) >= 11 is 0. The van der Waals surface area contributed by atoms with Crippen LogP contribution >= 0.6 is 0 Å². The van der Waals surface area contributed by atoms with Crippen molar-refractivity contribution in [3.05, 3.63) is 0 Å². The molecule has 9 aliphatic rings. The number of nitrogens with one attached hydrogen (secondary N) is 8. The molecular formula is C34H60N8O3Ti. The van der Waals surface area contributed by atoms with Crippen LogP contribution in [0, 0.1) is 47.3 Å². The van der Waals surface area contributed by atoms with Crippen molar-refractivity contribution in [2.75, 3.05) is 6.61 Å². The Morgan fingerprint density at radius 1 is 0.391 bits per heavy atom. The van der Waals surface area contributed by atoms with Gasteiger partial charge in [-0.05, 0) is 98.7 Å². The van der Waals surface area contributed by atoms with E-state index >= 15 is 0 Å². The molecule has 5 aliphatic heterocycles. The number of hydrogen-bond donors (Lipinski definition) is 10. The van der Waals surface area contributed by atoms with E-state index in [4.69, 9.17) is 15.0 Å². The summed E-state index contributed by atoms with van der Waals surface area (Å²) in [6, 6.07) is 0. The normalized spacial score (nSPS) is 50.9. The predicted molar refractivity (Wildman–Crippen MR) is 172 cm³/mol. The topological polar surface area (TPSA) is 154 Å². The van der Waals surface area contributed by atoms with E-state index in [0.29, 0.717) is 49.3 Å². The van der Waals surface area contributed by atoms with Crippen LogP contribution in [0.2, 0.25) is 0 Å². The van der Waals surface area contributed by atoms with Crippen molar-refractivity contribution < 1.29 is 36.7 Å². The SMILES string of the molecule is C1CCC2C3NC(NC4NC(NC5NC(NC6NC(N3)C3CCCCC63)C3CCCCC53)C3CCCCC43)C2C1.O=C(O)CO.[Ti]. The van der Waals surface area contributed by atoms with Crippen molar-refractivity contribution in [1.29, 1.82) is 0 Å². The van der Waals surface area contributed by atoms with E-state index in [1.807, 2.05) is 0 Å². The molecule has 8 atom stereocenters. The molecule has 8 unspecified atom stereocenters. The third-order valence-electron chi connectivity index (χ3n) is 13.9. The molecule has 0 radical (unpaired) electrons. The number of rotatable bonds is 1. The minimum Gasteiger partial charge on any atom is -0.480 e. The third kappa shape index (κ3) is 6.66. The van der Waals surface area contributed by atoms with Gasteiger partial charge in [0.1, 0.15) is 6.61 Å². The van der Waals surface area contributed by atoms with Gasteiger partial charge in [0, 0.05) is 21.7 Å². The molecule has 5 heterocycles. The van der Waals surface area contributed by atoms with Gasteiger partial charge in [0.15, 0.2) is 0 Å². The van der Waals surface area contributed by atoms with Crippen molar-refractivity contribution in [2.24, 2.45) is 47.3 Å². The van der Waals surface area contributed by atoms with Crippen molar-refractivity contribution >= 4 is 5.97 Å². The molecule has 10 N–H and O–H groups in total. The Balaban J connectivity index is 0.000000526. The fourth-order valence-corrected chi connectivity index (χ4v) is 12.0. The molecule has 12 heteroatoms. The monoisotopic (exact) mass is 676 g/mol. The zero-order valence-electron chi connectivity index (χ0n) is 27.6. The largest absolute Gasteiger partial charge is 0.480 e. The van der Waals surface area contributed by atoms with Gasteiger partial charge in [0.25, 0.3) is 0 Å². The Kier molecular flexibility index (Phi) is 11.2. The summed E-state index contributed by atoms with van der Waals surface area (Å²) in [4.78, 5) is 9.12. The van der Waals surface area contributed by atoms with Crippen molar-refractivity contribution in [3.63, 3.8) is 0 Å². The number of fused-ring (bicyclic) bond motifs is 20. The maximum Gasteiger partial charge on any atom is 0.329 e. The molecule has 9 rings (SSSR count). The maximum absolute atomic E-state index is 9.12. The van der Waals surface area contributed by atoms with Gasteiger partial charge < -0.3 is 10.2 Å². The first-order valence-electron chi connectivity index (χ1n) is 19.0. The zero-order chi connectivity index (χ0) is 30.5. The quantitative estimate of drug-likeness (QED) is 0.185. The van der Waals surface area contributed by atoms with E-state index in [0.717, 1.165) is 47.3 Å². The predicted octanol–water partition coefficient (Wildman–Crippen LogP) is 1.67. The Bertz CT molecular complexity index is 836. The molecule has 258 valence electrons. The number of aliphatic hydroxyl groups is 1. The molecular weight excluding hydrogens is 616 g/mol. The van der Waals surface area contributed by atoms with Crippen molar-refractivity contribution in [3.8, 4) is 0 Å². The minimum absolute atomic E-state index is 0. The van der Waals surface area contributed by atoms with Crippen LogP contribution in [-0.4, -0.2) is 72.1 Å². The Hall–Kier alpha value is -0.176. The van der Waals surface area contributed by atoms with Crippen LogP contribution < -0.4 is 42.5 Å². The first-order chi connectivity index (χ1) is 22.1. The van der Waals surface area contributed by atoms with E-state index in [2.05, 4.69) is 42.5 Å². The first kappa shape index (κ1) is 34.3. The molecule has 46 heavy (non-hydrogen) atoms. The third-order valence-corrected chi connectivity index (χ3v) is 13.9. The summed E-state index contributed by atoms with van der Waals surface area (Å²) in [6.45, 7) is -0.778. The first-order valence-corrected chi connectivity index (χ1v) is 19.0. The molecule has 0 amide bonds. The number of carbonyl (C=O) groups is 1. The van der Waals surface area contributed by atoms with Gasteiger partial charge >= 0.3 is 5.97 Å². The Labute approximate surface area is 290 Å². The van der Waals surface area contributed by atoms with Crippen LogP contribution in [0.25, 0.3) is 0 Å². The molecule has 5 saturated heterocycles. The molecule has 8 bridgehead atoms. The maximum atomic E-state index is 9.12. The van der Waals surface area contributed by atoms with E-state index in [9.17, 15) is 0 Å². The molecule has 0 aromatic rings. The second-order valence-corrected chi connectivity index (χ2v) is 16.2. The second kappa shape index (κ2) is 15.0. The van der Waals surface area contributed by atoms with Crippen LogP contribution in [-0.2, 0) is 26.5 Å². The van der Waals surface area contributed by atoms with Crippen LogP contribution in [0.4, 0.5) is 0 Å². The van der Waals surface area contributed by atoms with Gasteiger partial charge in [0.05, 0.1) is 49.3 Å². The van der Waals surface area contributed by atoms with E-state index in [1.165, 1.54) is 103 Å². The van der Waals surface area contributed by atoms with Crippen LogP contribution in [0.1, 0.15) is 103 Å². The summed E-state index contributed by atoms with van der Waals surface area (Å²) in [5.74, 6) is 4.78. The Morgan fingerprint density at radius 3 is 0.630 bits per heavy atom. The summed E-state index contributed by atoms with van der Waals surface area (Å²) in [5, 5.41) is 48.8. The van der Waals surface area contributed by atoms with Gasteiger partial charge in [-0.15, -0.1) is 0 Å². The second-order valence-electron chi connectivity index (χ2n) is 16.2. The zero-order valence-corrected chi connectivity index (χ0v) is 29.1. The summed E-state index contributed by atoms with van der Waals surface area (Å²) in [6.07, 6.45) is 25.6. The fourth-order valence-electron chi connectivity index (χ4n) is 12.0. The average Bonchev–Trinajstić information content (AvgIpc) is 3.81. The fraction of sp³-hybridized carbons (Fsp3) is 0.971. The number of carboxylic acids is 1. The van der Waals surface area contributed by atoms with Crippen molar-refractivity contribution in [2.45, 2.75) is 152 Å². The molecule has 4 aliphatic carbocycles. The van der Waals surface area contributed by atoms with Gasteiger partial charge in [0.2, 0.25) is 0 Å². The van der Waals surface area contributed by atoms with Gasteiger partial charge in [-0.1, -0.05) is 51.4 Å². The van der Waals surface area contributed by atoms with Crippen molar-refractivity contribution in [1.82, 2.24) is 42.5 Å². The van der Waals surface area contributed by atoms with E-state index in [1.54, 1.807) is 0 Å². The molecule has 11 nitrogen and oxygen atoms in total. The Morgan fingerprint density at radius 2 is 0.522 bits per heavy atom. The molecule has 9 fully saturated rings. The van der Waals surface area contributed by atoms with E-state index in [-0.39, 0.29) is 21.7 Å². The number of hydrogen-bond acceptors (Lipinski definition) is 10. The molecule has 0 aromatic heterocycles. The van der Waals surface area contributed by atoms with E-state index < -0.39 is 12.6 Å². The van der Waals surface area contributed by atoms with Crippen LogP contribution in [0.15, 0.2) is 0 Å². The number of aliphatic hydroxyl groups excluding tert-OH is 1. The molecule has 0 spiro atoms. The average molecular weight is 677 g/mol. The number of aliphatic carboxylic acids is 1. The smallest absolute Gasteiger partial charge is 0.329 e. The molecule has 4 saturated carbocycles. The van der Waals surface area contributed by atoms with Crippen LogP contribution in [0.5, 0.6) is 0 Å². The van der Waals surface area contributed by atoms with Gasteiger partial charge in [-0.3, -0.25) is 42.5 Å². The van der Waals surface area contributed by atoms with Gasteiger partial charge in [-0.2, -0.15) is 0 Å². The standard InChI is InChI=1S/C32H56N8.C2H4O3.Ti/c1-2-10-18-17(9-1)25-33-26(18)38-28-21-13-5-6-14-22(21)30(35-28)40-32-24-16-8-7-15-23(24)31(36-32)39-29-20-12-4-3-11-19(20)27(34-29)37-25;3-1-2(4)5;/h17-40H,1-16H2;3H,1H2,(H,4,5);. The summed E-state index contributed by atoms with van der Waals surface area (Å²) in [7, 11) is 0. The van der Waals surface area contributed by atoms with Gasteiger partial charge in [-0.25, -0.2) is 4.79 Å². The molecule has 0 aromatic carbocycles.